The molecule has 0 aromatic heterocycles. The van der Waals surface area contributed by atoms with Crippen LogP contribution in [-0.2, 0) is 22.4 Å². The Labute approximate surface area is 117 Å². The van der Waals surface area contributed by atoms with Crippen LogP contribution < -0.4 is 11.5 Å². The molecule has 2 amide bonds. The van der Waals surface area contributed by atoms with Gasteiger partial charge in [-0.2, -0.15) is 0 Å². The Balaban J connectivity index is 2.31. The maximum atomic E-state index is 11.1. The van der Waals surface area contributed by atoms with Gasteiger partial charge in [-0.15, -0.1) is 0 Å². The quantitative estimate of drug-likeness (QED) is 0.859. The number of primary amides is 2. The standard InChI is InChI=1S/C16H16N2O2/c17-15(19)9-11-5-7-12(8-6-11)14-4-2-1-3-13(14)10-16(18)20/h1-8H,9-10H2,(H2,17,19)(H2,18,20). The summed E-state index contributed by atoms with van der Waals surface area (Å²) < 4.78 is 0. The molecule has 0 saturated heterocycles. The molecule has 0 aliphatic rings. The summed E-state index contributed by atoms with van der Waals surface area (Å²) in [6.07, 6.45) is 0.433. The maximum absolute atomic E-state index is 11.1. The second-order valence-electron chi connectivity index (χ2n) is 4.64. The minimum absolute atomic E-state index is 0.208. The monoisotopic (exact) mass is 268 g/mol. The highest BCUT2D eigenvalue weighted by molar-refractivity contribution is 5.81. The lowest BCUT2D eigenvalue weighted by atomic mass is 9.96. The van der Waals surface area contributed by atoms with Crippen LogP contribution in [0.2, 0.25) is 0 Å². The predicted molar refractivity (Wildman–Crippen MR) is 77.7 cm³/mol. The molecule has 0 radical (unpaired) electrons. The SMILES string of the molecule is NC(=O)Cc1ccc(-c2ccccc2CC(N)=O)cc1. The molecule has 0 heterocycles. The van der Waals surface area contributed by atoms with E-state index in [1.807, 2.05) is 48.5 Å². The number of benzene rings is 2. The first-order chi connectivity index (χ1) is 9.56. The van der Waals surface area contributed by atoms with E-state index in [0.29, 0.717) is 0 Å². The van der Waals surface area contributed by atoms with Crippen molar-refractivity contribution in [3.63, 3.8) is 0 Å². The van der Waals surface area contributed by atoms with Gasteiger partial charge in [0.05, 0.1) is 12.8 Å². The van der Waals surface area contributed by atoms with E-state index in [0.717, 1.165) is 22.3 Å². The van der Waals surface area contributed by atoms with Crippen molar-refractivity contribution in [2.45, 2.75) is 12.8 Å². The Morgan fingerprint density at radius 3 is 2.00 bits per heavy atom. The highest BCUT2D eigenvalue weighted by atomic mass is 16.1. The molecule has 0 fully saturated rings. The maximum Gasteiger partial charge on any atom is 0.221 e. The van der Waals surface area contributed by atoms with E-state index in [9.17, 15) is 9.59 Å². The molecule has 20 heavy (non-hydrogen) atoms. The lowest BCUT2D eigenvalue weighted by Gasteiger charge is -2.09. The Morgan fingerprint density at radius 1 is 0.800 bits per heavy atom. The molecule has 0 aliphatic carbocycles. The number of nitrogens with two attached hydrogens (primary N) is 2. The highest BCUT2D eigenvalue weighted by Gasteiger charge is 2.07. The summed E-state index contributed by atoms with van der Waals surface area (Å²) in [5, 5.41) is 0. The lowest BCUT2D eigenvalue weighted by molar-refractivity contribution is -0.118. The Bertz CT molecular complexity index is 633. The Kier molecular flexibility index (Phi) is 4.15. The van der Waals surface area contributed by atoms with Gasteiger partial charge in [0.2, 0.25) is 11.8 Å². The van der Waals surface area contributed by atoms with Gasteiger partial charge in [0, 0.05) is 0 Å². The summed E-state index contributed by atoms with van der Waals surface area (Å²) in [6, 6.07) is 15.2. The van der Waals surface area contributed by atoms with E-state index in [2.05, 4.69) is 0 Å². The fraction of sp³-hybridized carbons (Fsp3) is 0.125. The van der Waals surface area contributed by atoms with Gasteiger partial charge in [0.1, 0.15) is 0 Å². The second-order valence-corrected chi connectivity index (χ2v) is 4.64. The minimum Gasteiger partial charge on any atom is -0.369 e. The zero-order valence-corrected chi connectivity index (χ0v) is 11.0. The second kappa shape index (κ2) is 6.02. The molecule has 4 N–H and O–H groups in total. The first-order valence-corrected chi connectivity index (χ1v) is 6.30. The van der Waals surface area contributed by atoms with Gasteiger partial charge < -0.3 is 11.5 Å². The molecule has 0 atom stereocenters. The number of carbonyl (C=O) groups excluding carboxylic acids is 2. The van der Waals surface area contributed by atoms with Gasteiger partial charge >= 0.3 is 0 Å². The van der Waals surface area contributed by atoms with Crippen molar-refractivity contribution in [1.29, 1.82) is 0 Å². The van der Waals surface area contributed by atoms with Crippen molar-refractivity contribution in [3.05, 3.63) is 59.7 Å². The molecule has 0 saturated carbocycles. The molecule has 0 spiro atoms. The van der Waals surface area contributed by atoms with E-state index in [1.54, 1.807) is 0 Å². The number of hydrogen-bond donors (Lipinski definition) is 2. The molecule has 4 nitrogen and oxygen atoms in total. The lowest BCUT2D eigenvalue weighted by Crippen LogP contribution is -2.14. The summed E-state index contributed by atoms with van der Waals surface area (Å²) in [6.45, 7) is 0. The summed E-state index contributed by atoms with van der Waals surface area (Å²) in [7, 11) is 0. The van der Waals surface area contributed by atoms with Crippen LogP contribution in [0.3, 0.4) is 0 Å². The van der Waals surface area contributed by atoms with Crippen LogP contribution in [0.1, 0.15) is 11.1 Å². The normalized spacial score (nSPS) is 10.2. The van der Waals surface area contributed by atoms with E-state index >= 15 is 0 Å². The van der Waals surface area contributed by atoms with Crippen LogP contribution in [-0.4, -0.2) is 11.8 Å². The van der Waals surface area contributed by atoms with Crippen molar-refractivity contribution in [2.75, 3.05) is 0 Å². The van der Waals surface area contributed by atoms with E-state index in [1.165, 1.54) is 0 Å². The van der Waals surface area contributed by atoms with Gasteiger partial charge in [-0.25, -0.2) is 0 Å². The third kappa shape index (κ3) is 3.45. The fourth-order valence-electron chi connectivity index (χ4n) is 2.15. The molecular formula is C16H16N2O2. The van der Waals surface area contributed by atoms with E-state index < -0.39 is 0 Å². The van der Waals surface area contributed by atoms with Crippen molar-refractivity contribution >= 4 is 11.8 Å². The highest BCUT2D eigenvalue weighted by Crippen LogP contribution is 2.24. The van der Waals surface area contributed by atoms with Crippen LogP contribution in [0, 0.1) is 0 Å². The molecule has 0 aliphatic heterocycles. The van der Waals surface area contributed by atoms with Crippen LogP contribution in [0.5, 0.6) is 0 Å². The predicted octanol–water partition coefficient (Wildman–Crippen LogP) is 1.41. The average molecular weight is 268 g/mol. The summed E-state index contributed by atoms with van der Waals surface area (Å²) in [5.74, 6) is -0.713. The van der Waals surface area contributed by atoms with Crippen LogP contribution in [0.4, 0.5) is 0 Å². The van der Waals surface area contributed by atoms with Gasteiger partial charge in [-0.1, -0.05) is 48.5 Å². The van der Waals surface area contributed by atoms with Gasteiger partial charge in [0.25, 0.3) is 0 Å². The van der Waals surface area contributed by atoms with Crippen LogP contribution >= 0.6 is 0 Å². The number of rotatable bonds is 5. The Hall–Kier alpha value is -2.62. The molecule has 2 aromatic carbocycles. The average Bonchev–Trinajstić information content (AvgIpc) is 2.39. The zero-order chi connectivity index (χ0) is 14.5. The van der Waals surface area contributed by atoms with Crippen molar-refractivity contribution < 1.29 is 9.59 Å². The van der Waals surface area contributed by atoms with Crippen molar-refractivity contribution in [1.82, 2.24) is 0 Å². The van der Waals surface area contributed by atoms with Gasteiger partial charge in [0.15, 0.2) is 0 Å². The molecule has 102 valence electrons. The number of carbonyl (C=O) groups is 2. The number of hydrogen-bond acceptors (Lipinski definition) is 2. The first kappa shape index (κ1) is 13.8. The first-order valence-electron chi connectivity index (χ1n) is 6.30. The minimum atomic E-state index is -0.359. The molecule has 0 bridgehead atoms. The van der Waals surface area contributed by atoms with E-state index in [4.69, 9.17) is 11.5 Å². The zero-order valence-electron chi connectivity index (χ0n) is 11.0. The Morgan fingerprint density at radius 2 is 1.40 bits per heavy atom. The van der Waals surface area contributed by atoms with Crippen molar-refractivity contribution in [3.8, 4) is 11.1 Å². The fourth-order valence-corrected chi connectivity index (χ4v) is 2.15. The topological polar surface area (TPSA) is 86.2 Å². The van der Waals surface area contributed by atoms with Crippen molar-refractivity contribution in [2.24, 2.45) is 11.5 Å². The third-order valence-corrected chi connectivity index (χ3v) is 3.03. The smallest absolute Gasteiger partial charge is 0.221 e. The summed E-state index contributed by atoms with van der Waals surface area (Å²) in [4.78, 5) is 22.0. The van der Waals surface area contributed by atoms with E-state index in [-0.39, 0.29) is 24.7 Å². The molecule has 0 unspecified atom stereocenters. The van der Waals surface area contributed by atoms with Crippen LogP contribution in [0.25, 0.3) is 11.1 Å². The third-order valence-electron chi connectivity index (χ3n) is 3.03. The molecule has 2 rings (SSSR count). The van der Waals surface area contributed by atoms with Crippen LogP contribution in [0.15, 0.2) is 48.5 Å². The molecule has 2 aromatic rings. The molecular weight excluding hydrogens is 252 g/mol. The summed E-state index contributed by atoms with van der Waals surface area (Å²) >= 11 is 0. The van der Waals surface area contributed by atoms with Gasteiger partial charge in [-0.3, -0.25) is 9.59 Å². The van der Waals surface area contributed by atoms with Gasteiger partial charge in [-0.05, 0) is 22.3 Å². The largest absolute Gasteiger partial charge is 0.369 e. The molecule has 4 heteroatoms. The number of amides is 2. The summed E-state index contributed by atoms with van der Waals surface area (Å²) in [5.41, 5.74) is 14.1.